The average molecular weight is 260 g/mol. The Kier molecular flexibility index (Phi) is 4.25. The molecule has 96 valence electrons. The molecule has 0 aromatic rings. The molecule has 1 unspecified atom stereocenters. The summed E-state index contributed by atoms with van der Waals surface area (Å²) in [5.74, 6) is -0.108. The summed E-state index contributed by atoms with van der Waals surface area (Å²) in [5, 5.41) is 12.1. The number of morpholine rings is 1. The van der Waals surface area contributed by atoms with Gasteiger partial charge in [0.2, 0.25) is 5.91 Å². The first kappa shape index (κ1) is 12.7. The monoisotopic (exact) mass is 260 g/mol. The highest BCUT2D eigenvalue weighted by molar-refractivity contribution is 7.99. The molecule has 0 radical (unpaired) electrons. The van der Waals surface area contributed by atoms with Gasteiger partial charge in [0.25, 0.3) is 0 Å². The Morgan fingerprint density at radius 3 is 3.00 bits per heavy atom. The zero-order chi connectivity index (χ0) is 12.3. The van der Waals surface area contributed by atoms with Crippen molar-refractivity contribution in [1.82, 2.24) is 10.2 Å². The van der Waals surface area contributed by atoms with Crippen LogP contribution in [0.5, 0.6) is 0 Å². The summed E-state index contributed by atoms with van der Waals surface area (Å²) in [7, 11) is 0. The number of carbonyl (C=O) groups is 2. The van der Waals surface area contributed by atoms with Crippen molar-refractivity contribution in [2.75, 3.05) is 31.3 Å². The van der Waals surface area contributed by atoms with Crippen molar-refractivity contribution in [1.29, 1.82) is 0 Å². The fraction of sp³-hybridized carbons (Fsp3) is 0.800. The largest absolute Gasteiger partial charge is 0.480 e. The topological polar surface area (TPSA) is 78.9 Å². The maximum absolute atomic E-state index is 12.0. The Hall–Kier alpha value is -0.790. The third kappa shape index (κ3) is 3.11. The first-order valence-electron chi connectivity index (χ1n) is 5.61. The third-order valence-corrected chi connectivity index (χ3v) is 3.91. The van der Waals surface area contributed by atoms with Gasteiger partial charge >= 0.3 is 5.97 Å². The van der Waals surface area contributed by atoms with Gasteiger partial charge in [0.15, 0.2) is 0 Å². The second-order valence-electron chi connectivity index (χ2n) is 4.12. The predicted octanol–water partition coefficient (Wildman–Crippen LogP) is -0.649. The SMILES string of the molecule is O=C(O)[C@@H]1CSCN1C(=O)CC1CNCCO1. The molecule has 2 heterocycles. The van der Waals surface area contributed by atoms with E-state index in [1.807, 2.05) is 0 Å². The number of rotatable bonds is 3. The highest BCUT2D eigenvalue weighted by Crippen LogP contribution is 2.22. The minimum absolute atomic E-state index is 0.128. The Bertz CT molecular complexity index is 307. The van der Waals surface area contributed by atoms with Crippen LogP contribution in [0.1, 0.15) is 6.42 Å². The van der Waals surface area contributed by atoms with Crippen molar-refractivity contribution in [3.8, 4) is 0 Å². The van der Waals surface area contributed by atoms with Gasteiger partial charge in [0, 0.05) is 18.8 Å². The zero-order valence-electron chi connectivity index (χ0n) is 9.42. The van der Waals surface area contributed by atoms with Gasteiger partial charge in [-0.15, -0.1) is 11.8 Å². The quantitative estimate of drug-likeness (QED) is 0.702. The van der Waals surface area contributed by atoms with E-state index < -0.39 is 12.0 Å². The van der Waals surface area contributed by atoms with Crippen molar-refractivity contribution in [2.24, 2.45) is 0 Å². The number of amides is 1. The summed E-state index contributed by atoms with van der Waals surface area (Å²) in [4.78, 5) is 24.4. The third-order valence-electron chi connectivity index (χ3n) is 2.89. The molecule has 0 aliphatic carbocycles. The molecule has 0 saturated carbocycles. The maximum atomic E-state index is 12.0. The van der Waals surface area contributed by atoms with Crippen LogP contribution in [0.15, 0.2) is 0 Å². The lowest BCUT2D eigenvalue weighted by Crippen LogP contribution is -2.46. The van der Waals surface area contributed by atoms with Crippen LogP contribution in [0.2, 0.25) is 0 Å². The second kappa shape index (κ2) is 5.70. The van der Waals surface area contributed by atoms with Gasteiger partial charge in [-0.05, 0) is 0 Å². The molecule has 0 bridgehead atoms. The highest BCUT2D eigenvalue weighted by atomic mass is 32.2. The molecule has 2 aliphatic rings. The molecule has 2 atom stereocenters. The van der Waals surface area contributed by atoms with Gasteiger partial charge in [-0.25, -0.2) is 4.79 Å². The van der Waals surface area contributed by atoms with Crippen LogP contribution in [0.4, 0.5) is 0 Å². The van der Waals surface area contributed by atoms with E-state index in [1.165, 1.54) is 16.7 Å². The standard InChI is InChI=1S/C10H16N2O4S/c13-9(3-7-4-11-1-2-16-7)12-6-17-5-8(12)10(14)15/h7-8,11H,1-6H2,(H,14,15)/t7?,8-/m0/s1. The molecule has 6 nitrogen and oxygen atoms in total. The van der Waals surface area contributed by atoms with E-state index in [-0.39, 0.29) is 18.4 Å². The van der Waals surface area contributed by atoms with Crippen LogP contribution < -0.4 is 5.32 Å². The number of nitrogens with one attached hydrogen (secondary N) is 1. The number of hydrogen-bond donors (Lipinski definition) is 2. The van der Waals surface area contributed by atoms with Gasteiger partial charge < -0.3 is 20.1 Å². The molecule has 0 spiro atoms. The van der Waals surface area contributed by atoms with E-state index in [0.29, 0.717) is 24.8 Å². The predicted molar refractivity (Wildman–Crippen MR) is 62.8 cm³/mol. The Labute approximate surface area is 104 Å². The van der Waals surface area contributed by atoms with Crippen LogP contribution in [0.3, 0.4) is 0 Å². The summed E-state index contributed by atoms with van der Waals surface area (Å²) in [6, 6.07) is -0.677. The van der Waals surface area contributed by atoms with Gasteiger partial charge in [-0.1, -0.05) is 0 Å². The first-order chi connectivity index (χ1) is 8.18. The first-order valence-corrected chi connectivity index (χ1v) is 6.76. The molecular formula is C10H16N2O4S. The van der Waals surface area contributed by atoms with Crippen LogP contribution in [0, 0.1) is 0 Å². The maximum Gasteiger partial charge on any atom is 0.327 e. The van der Waals surface area contributed by atoms with E-state index >= 15 is 0 Å². The van der Waals surface area contributed by atoms with E-state index in [1.54, 1.807) is 0 Å². The number of nitrogens with zero attached hydrogens (tertiary/aromatic N) is 1. The number of carbonyl (C=O) groups excluding carboxylic acids is 1. The Morgan fingerprint density at radius 1 is 1.53 bits per heavy atom. The molecule has 0 aromatic carbocycles. The molecule has 1 amide bonds. The number of thioether (sulfide) groups is 1. The van der Waals surface area contributed by atoms with E-state index in [4.69, 9.17) is 9.84 Å². The molecular weight excluding hydrogens is 244 g/mol. The number of hydrogen-bond acceptors (Lipinski definition) is 5. The van der Waals surface area contributed by atoms with Crippen molar-refractivity contribution in [2.45, 2.75) is 18.6 Å². The molecule has 0 aromatic heterocycles. The van der Waals surface area contributed by atoms with Gasteiger partial charge in [-0.2, -0.15) is 0 Å². The fourth-order valence-corrected chi connectivity index (χ4v) is 3.13. The van der Waals surface area contributed by atoms with Crippen molar-refractivity contribution in [3.63, 3.8) is 0 Å². The van der Waals surface area contributed by atoms with E-state index in [9.17, 15) is 9.59 Å². The minimum atomic E-state index is -0.925. The second-order valence-corrected chi connectivity index (χ2v) is 5.12. The summed E-state index contributed by atoms with van der Waals surface area (Å²) >= 11 is 1.48. The molecule has 2 N–H and O–H groups in total. The lowest BCUT2D eigenvalue weighted by Gasteiger charge is -2.26. The lowest BCUT2D eigenvalue weighted by molar-refractivity contribution is -0.149. The molecule has 2 fully saturated rings. The summed E-state index contributed by atoms with van der Waals surface area (Å²) in [6.07, 6.45) is 0.133. The van der Waals surface area contributed by atoms with Crippen LogP contribution in [-0.2, 0) is 14.3 Å². The number of carboxylic acids is 1. The zero-order valence-corrected chi connectivity index (χ0v) is 10.2. The smallest absolute Gasteiger partial charge is 0.327 e. The van der Waals surface area contributed by atoms with Crippen molar-refractivity contribution in [3.05, 3.63) is 0 Å². The highest BCUT2D eigenvalue weighted by Gasteiger charge is 2.35. The number of ether oxygens (including phenoxy) is 1. The van der Waals surface area contributed by atoms with Crippen LogP contribution in [-0.4, -0.2) is 65.4 Å². The lowest BCUT2D eigenvalue weighted by atomic mass is 10.2. The Balaban J connectivity index is 1.88. The molecule has 2 saturated heterocycles. The molecule has 17 heavy (non-hydrogen) atoms. The number of aliphatic carboxylic acids is 1. The van der Waals surface area contributed by atoms with Gasteiger partial charge in [0.05, 0.1) is 25.0 Å². The van der Waals surface area contributed by atoms with Gasteiger partial charge in [-0.3, -0.25) is 4.79 Å². The van der Waals surface area contributed by atoms with E-state index in [0.717, 1.165) is 6.54 Å². The summed E-state index contributed by atoms with van der Waals surface area (Å²) in [6.45, 7) is 2.07. The van der Waals surface area contributed by atoms with Crippen molar-refractivity contribution < 1.29 is 19.4 Å². The molecule has 7 heteroatoms. The Morgan fingerprint density at radius 2 is 2.35 bits per heavy atom. The number of carboxylic acid groups (broad SMARTS) is 1. The summed E-state index contributed by atoms with van der Waals surface area (Å²) < 4.78 is 5.44. The van der Waals surface area contributed by atoms with Gasteiger partial charge in [0.1, 0.15) is 6.04 Å². The normalized spacial score (nSPS) is 29.3. The van der Waals surface area contributed by atoms with Crippen LogP contribution >= 0.6 is 11.8 Å². The summed E-state index contributed by atoms with van der Waals surface area (Å²) in [5.41, 5.74) is 0. The molecule has 2 aliphatic heterocycles. The van der Waals surface area contributed by atoms with Crippen molar-refractivity contribution >= 4 is 23.6 Å². The minimum Gasteiger partial charge on any atom is -0.480 e. The average Bonchev–Trinajstić information content (AvgIpc) is 2.79. The molecule has 2 rings (SSSR count). The fourth-order valence-electron chi connectivity index (χ4n) is 1.96. The van der Waals surface area contributed by atoms with Crippen LogP contribution in [0.25, 0.3) is 0 Å². The van der Waals surface area contributed by atoms with E-state index in [2.05, 4.69) is 5.32 Å².